The Labute approximate surface area is 132 Å². The SMILES string of the molecule is O=C(Oc1ccc(Cl)c(Cl)c1)c1c(F)cccc1C(F)(F)F. The number of hydrogen-bond donors (Lipinski definition) is 0. The summed E-state index contributed by atoms with van der Waals surface area (Å²) in [5, 5.41) is 0.208. The second kappa shape index (κ2) is 6.14. The van der Waals surface area contributed by atoms with E-state index in [0.29, 0.717) is 6.07 Å². The van der Waals surface area contributed by atoms with Crippen molar-refractivity contribution in [2.45, 2.75) is 6.18 Å². The summed E-state index contributed by atoms with van der Waals surface area (Å²) in [6.07, 6.45) is -4.89. The van der Waals surface area contributed by atoms with Gasteiger partial charge in [-0.3, -0.25) is 0 Å². The van der Waals surface area contributed by atoms with Crippen molar-refractivity contribution in [3.05, 3.63) is 63.4 Å². The predicted octanol–water partition coefficient (Wildman–Crippen LogP) is 5.37. The van der Waals surface area contributed by atoms with Gasteiger partial charge in [0, 0.05) is 6.07 Å². The van der Waals surface area contributed by atoms with Gasteiger partial charge in [0.05, 0.1) is 15.6 Å². The van der Waals surface area contributed by atoms with Crippen LogP contribution in [0.25, 0.3) is 0 Å². The van der Waals surface area contributed by atoms with Crippen LogP contribution >= 0.6 is 23.2 Å². The van der Waals surface area contributed by atoms with Gasteiger partial charge in [-0.25, -0.2) is 9.18 Å². The maximum atomic E-state index is 13.6. The standard InChI is InChI=1S/C14H6Cl2F4O2/c15-9-5-4-7(6-10(9)16)22-13(21)12-8(14(18,19)20)2-1-3-11(12)17/h1-6H. The summed E-state index contributed by atoms with van der Waals surface area (Å²) in [5.74, 6) is -2.97. The smallest absolute Gasteiger partial charge is 0.417 e. The second-order valence-corrected chi connectivity index (χ2v) is 4.94. The summed E-state index contributed by atoms with van der Waals surface area (Å²) in [6.45, 7) is 0. The lowest BCUT2D eigenvalue weighted by molar-refractivity contribution is -0.138. The van der Waals surface area contributed by atoms with Crippen LogP contribution in [-0.2, 0) is 6.18 Å². The van der Waals surface area contributed by atoms with Crippen LogP contribution in [0, 0.1) is 5.82 Å². The monoisotopic (exact) mass is 352 g/mol. The fourth-order valence-corrected chi connectivity index (χ4v) is 1.95. The van der Waals surface area contributed by atoms with Crippen LogP contribution < -0.4 is 4.74 Å². The summed E-state index contributed by atoms with van der Waals surface area (Å²) >= 11 is 11.4. The molecule has 0 saturated carbocycles. The van der Waals surface area contributed by atoms with Gasteiger partial charge < -0.3 is 4.74 Å². The molecule has 0 bridgehead atoms. The minimum absolute atomic E-state index is 0.0385. The van der Waals surface area contributed by atoms with Gasteiger partial charge in [-0.1, -0.05) is 29.3 Å². The number of carbonyl (C=O) groups excluding carboxylic acids is 1. The van der Waals surface area contributed by atoms with Gasteiger partial charge in [-0.2, -0.15) is 13.2 Å². The predicted molar refractivity (Wildman–Crippen MR) is 72.8 cm³/mol. The van der Waals surface area contributed by atoms with E-state index >= 15 is 0 Å². The van der Waals surface area contributed by atoms with Gasteiger partial charge in [-0.05, 0) is 24.3 Å². The van der Waals surface area contributed by atoms with Crippen molar-refractivity contribution in [2.75, 3.05) is 0 Å². The van der Waals surface area contributed by atoms with E-state index in [2.05, 4.69) is 0 Å². The van der Waals surface area contributed by atoms with Crippen LogP contribution in [0.2, 0.25) is 10.0 Å². The summed E-state index contributed by atoms with van der Waals surface area (Å²) in [4.78, 5) is 11.9. The number of benzene rings is 2. The van der Waals surface area contributed by atoms with Crippen molar-refractivity contribution in [3.8, 4) is 5.75 Å². The van der Waals surface area contributed by atoms with Crippen molar-refractivity contribution < 1.29 is 27.1 Å². The van der Waals surface area contributed by atoms with Gasteiger partial charge in [0.2, 0.25) is 0 Å². The molecule has 0 aliphatic rings. The van der Waals surface area contributed by atoms with Crippen LogP contribution in [0.3, 0.4) is 0 Å². The number of esters is 1. The molecule has 2 nitrogen and oxygen atoms in total. The lowest BCUT2D eigenvalue weighted by atomic mass is 10.1. The molecule has 0 atom stereocenters. The molecule has 8 heteroatoms. The fourth-order valence-electron chi connectivity index (χ4n) is 1.67. The number of halogens is 6. The minimum Gasteiger partial charge on any atom is -0.423 e. The molecule has 2 aromatic rings. The first kappa shape index (κ1) is 16.6. The molecule has 2 aromatic carbocycles. The molecule has 0 spiro atoms. The Kier molecular flexibility index (Phi) is 4.63. The van der Waals surface area contributed by atoms with Crippen LogP contribution in [-0.4, -0.2) is 5.97 Å². The minimum atomic E-state index is -4.89. The highest BCUT2D eigenvalue weighted by atomic mass is 35.5. The average molecular weight is 353 g/mol. The third kappa shape index (κ3) is 3.51. The normalized spacial score (nSPS) is 11.4. The zero-order valence-electron chi connectivity index (χ0n) is 10.5. The summed E-state index contributed by atoms with van der Waals surface area (Å²) in [5.41, 5.74) is -2.61. The van der Waals surface area contributed by atoms with E-state index in [0.717, 1.165) is 18.2 Å². The largest absolute Gasteiger partial charge is 0.423 e. The number of carbonyl (C=O) groups is 1. The number of alkyl halides is 3. The Morgan fingerprint density at radius 3 is 2.32 bits per heavy atom. The number of ether oxygens (including phenoxy) is 1. The van der Waals surface area contributed by atoms with E-state index in [1.165, 1.54) is 12.1 Å². The highest BCUT2D eigenvalue weighted by Crippen LogP contribution is 2.34. The first-order valence-electron chi connectivity index (χ1n) is 5.73. The molecule has 0 aliphatic carbocycles. The summed E-state index contributed by atoms with van der Waals surface area (Å²) in [7, 11) is 0. The van der Waals surface area contributed by atoms with Gasteiger partial charge in [-0.15, -0.1) is 0 Å². The van der Waals surface area contributed by atoms with Gasteiger partial charge >= 0.3 is 12.1 Å². The zero-order valence-corrected chi connectivity index (χ0v) is 12.1. The Morgan fingerprint density at radius 1 is 1.05 bits per heavy atom. The molecule has 0 heterocycles. The van der Waals surface area contributed by atoms with E-state index in [1.54, 1.807) is 0 Å². The molecule has 0 aromatic heterocycles. The van der Waals surface area contributed by atoms with Crippen LogP contribution in [0.5, 0.6) is 5.75 Å². The highest BCUT2D eigenvalue weighted by molar-refractivity contribution is 6.42. The van der Waals surface area contributed by atoms with E-state index in [4.69, 9.17) is 27.9 Å². The molecule has 0 saturated heterocycles. The lowest BCUT2D eigenvalue weighted by Crippen LogP contribution is -2.18. The van der Waals surface area contributed by atoms with Gasteiger partial charge in [0.15, 0.2) is 0 Å². The van der Waals surface area contributed by atoms with Crippen molar-refractivity contribution >= 4 is 29.2 Å². The average Bonchev–Trinajstić information content (AvgIpc) is 2.41. The molecule has 0 fully saturated rings. The maximum absolute atomic E-state index is 13.6. The van der Waals surface area contributed by atoms with Crippen molar-refractivity contribution in [1.29, 1.82) is 0 Å². The first-order chi connectivity index (χ1) is 10.2. The van der Waals surface area contributed by atoms with E-state index in [1.807, 2.05) is 0 Å². The maximum Gasteiger partial charge on any atom is 0.417 e. The molecule has 2 rings (SSSR count). The topological polar surface area (TPSA) is 26.3 Å². The zero-order chi connectivity index (χ0) is 16.5. The molecular formula is C14H6Cl2F4O2. The molecule has 0 N–H and O–H groups in total. The third-order valence-electron chi connectivity index (χ3n) is 2.62. The van der Waals surface area contributed by atoms with Crippen LogP contribution in [0.1, 0.15) is 15.9 Å². The molecule has 116 valence electrons. The Bertz CT molecular complexity index is 729. The molecule has 22 heavy (non-hydrogen) atoms. The van der Waals surface area contributed by atoms with Crippen molar-refractivity contribution in [1.82, 2.24) is 0 Å². The van der Waals surface area contributed by atoms with Gasteiger partial charge in [0.25, 0.3) is 0 Å². The Hall–Kier alpha value is -1.79. The third-order valence-corrected chi connectivity index (χ3v) is 3.36. The lowest BCUT2D eigenvalue weighted by Gasteiger charge is -2.13. The molecule has 0 amide bonds. The number of rotatable bonds is 2. The quantitative estimate of drug-likeness (QED) is 0.412. The molecule has 0 unspecified atom stereocenters. The van der Waals surface area contributed by atoms with E-state index < -0.39 is 29.1 Å². The van der Waals surface area contributed by atoms with Crippen LogP contribution in [0.4, 0.5) is 17.6 Å². The van der Waals surface area contributed by atoms with Gasteiger partial charge in [0.1, 0.15) is 17.1 Å². The Morgan fingerprint density at radius 2 is 1.73 bits per heavy atom. The van der Waals surface area contributed by atoms with Crippen molar-refractivity contribution in [3.63, 3.8) is 0 Å². The molecule has 0 aliphatic heterocycles. The fraction of sp³-hybridized carbons (Fsp3) is 0.0714. The highest BCUT2D eigenvalue weighted by Gasteiger charge is 2.37. The van der Waals surface area contributed by atoms with Crippen LogP contribution in [0.15, 0.2) is 36.4 Å². The first-order valence-corrected chi connectivity index (χ1v) is 6.48. The Balaban J connectivity index is 2.39. The molecular weight excluding hydrogens is 347 g/mol. The van der Waals surface area contributed by atoms with E-state index in [9.17, 15) is 22.4 Å². The second-order valence-electron chi connectivity index (χ2n) is 4.13. The number of hydrogen-bond acceptors (Lipinski definition) is 2. The van der Waals surface area contributed by atoms with Crippen molar-refractivity contribution in [2.24, 2.45) is 0 Å². The summed E-state index contributed by atoms with van der Waals surface area (Å²) < 4.78 is 56.9. The van der Waals surface area contributed by atoms with E-state index in [-0.39, 0.29) is 15.8 Å². The molecule has 0 radical (unpaired) electrons. The summed E-state index contributed by atoms with van der Waals surface area (Å²) in [6, 6.07) is 5.83.